The number of carbonyl (C=O) groups excluding carboxylic acids is 2. The highest BCUT2D eigenvalue weighted by molar-refractivity contribution is 6.04. The molecule has 4 fully saturated rings. The lowest BCUT2D eigenvalue weighted by Crippen LogP contribution is -3.48. The van der Waals surface area contributed by atoms with Crippen molar-refractivity contribution in [2.24, 2.45) is 10.8 Å². The van der Waals surface area contributed by atoms with Gasteiger partial charge in [0.1, 0.15) is 42.6 Å². The molecule has 120 valence electrons. The molecule has 1 aromatic carbocycles. The first-order chi connectivity index (χ1) is 11.0. The SMILES string of the molecule is CCC12C[NH+]3CC(C)(C[NH+](C1)C31C(=O)Nc3ccccc31)C2=O. The van der Waals surface area contributed by atoms with E-state index in [1.54, 1.807) is 0 Å². The molecule has 2 unspecified atom stereocenters. The fourth-order valence-corrected chi connectivity index (χ4v) is 6.12. The third-order valence-corrected chi connectivity index (χ3v) is 7.00. The van der Waals surface area contributed by atoms with Crippen molar-refractivity contribution in [3.05, 3.63) is 29.8 Å². The lowest BCUT2D eigenvalue weighted by atomic mass is 9.58. The smallest absolute Gasteiger partial charge is 0.314 e. The number of Topliss-reactive ketones (excluding diaryl/α,β-unsaturated/α-hetero) is 1. The molecule has 1 spiro atoms. The van der Waals surface area contributed by atoms with Gasteiger partial charge in [-0.25, -0.2) is 0 Å². The Bertz CT molecular complexity index is 740. The van der Waals surface area contributed by atoms with Crippen molar-refractivity contribution >= 4 is 17.4 Å². The maximum Gasteiger partial charge on any atom is 0.351 e. The van der Waals surface area contributed by atoms with Gasteiger partial charge in [0.05, 0.1) is 5.69 Å². The normalized spacial score (nSPS) is 46.3. The summed E-state index contributed by atoms with van der Waals surface area (Å²) >= 11 is 0. The number of ketones is 1. The second kappa shape index (κ2) is 3.84. The minimum absolute atomic E-state index is 0.116. The van der Waals surface area contributed by atoms with E-state index < -0.39 is 5.66 Å². The number of hydrogen-bond acceptors (Lipinski definition) is 2. The van der Waals surface area contributed by atoms with Gasteiger partial charge < -0.3 is 5.32 Å². The zero-order chi connectivity index (χ0) is 16.0. The molecule has 6 rings (SSSR count). The van der Waals surface area contributed by atoms with Crippen molar-refractivity contribution < 1.29 is 19.4 Å². The molecule has 4 saturated heterocycles. The highest BCUT2D eigenvalue weighted by Crippen LogP contribution is 2.42. The van der Waals surface area contributed by atoms with Gasteiger partial charge in [-0.3, -0.25) is 19.4 Å². The minimum atomic E-state index is -0.546. The van der Waals surface area contributed by atoms with Gasteiger partial charge in [-0.05, 0) is 25.5 Å². The Morgan fingerprint density at radius 1 is 1.09 bits per heavy atom. The number of piperidine rings is 2. The molecule has 5 nitrogen and oxygen atoms in total. The van der Waals surface area contributed by atoms with Crippen LogP contribution in [0.25, 0.3) is 0 Å². The number of rotatable bonds is 1. The second-order valence-corrected chi connectivity index (χ2v) is 8.19. The Hall–Kier alpha value is -1.72. The molecule has 1 amide bonds. The Morgan fingerprint density at radius 2 is 1.74 bits per heavy atom. The molecule has 23 heavy (non-hydrogen) atoms. The van der Waals surface area contributed by atoms with E-state index in [1.807, 2.05) is 18.2 Å². The summed E-state index contributed by atoms with van der Waals surface area (Å²) in [6.07, 6.45) is 0.883. The van der Waals surface area contributed by atoms with Crippen LogP contribution in [0, 0.1) is 10.8 Å². The van der Waals surface area contributed by atoms with Crippen LogP contribution in [0.3, 0.4) is 0 Å². The summed E-state index contributed by atoms with van der Waals surface area (Å²) in [6, 6.07) is 8.09. The predicted molar refractivity (Wildman–Crippen MR) is 84.0 cm³/mol. The number of benzene rings is 1. The second-order valence-electron chi connectivity index (χ2n) is 8.19. The lowest BCUT2D eigenvalue weighted by Gasteiger charge is -2.62. The molecule has 5 aliphatic rings. The Labute approximate surface area is 135 Å². The Kier molecular flexibility index (Phi) is 2.29. The van der Waals surface area contributed by atoms with Gasteiger partial charge in [-0.2, -0.15) is 0 Å². The maximum atomic E-state index is 13.1. The standard InChI is InChI=1S/C18H21N3O2/c1-3-17-10-20-8-16(2,14(17)22)9-21(11-17)18(20)12-6-4-5-7-13(12)19-15(18)23/h4-7H,3,8-11H2,1-2H3,(H,19,23)/p+2. The molecule has 2 atom stereocenters. The average Bonchev–Trinajstić information content (AvgIpc) is 2.81. The quantitative estimate of drug-likeness (QED) is 0.596. The van der Waals surface area contributed by atoms with Gasteiger partial charge in [-0.15, -0.1) is 0 Å². The van der Waals surface area contributed by atoms with Crippen LogP contribution in [0.5, 0.6) is 0 Å². The highest BCUT2D eigenvalue weighted by Gasteiger charge is 2.78. The molecular weight excluding hydrogens is 290 g/mol. The van der Waals surface area contributed by atoms with E-state index in [9.17, 15) is 9.59 Å². The first-order valence-electron chi connectivity index (χ1n) is 8.62. The van der Waals surface area contributed by atoms with Crippen molar-refractivity contribution in [3.8, 4) is 0 Å². The Balaban J connectivity index is 1.73. The largest absolute Gasteiger partial charge is 0.351 e. The van der Waals surface area contributed by atoms with Gasteiger partial charge in [0, 0.05) is 0 Å². The molecule has 0 radical (unpaired) electrons. The number of hydrogen-bond donors (Lipinski definition) is 3. The van der Waals surface area contributed by atoms with Crippen molar-refractivity contribution in [1.29, 1.82) is 0 Å². The van der Waals surface area contributed by atoms with Crippen molar-refractivity contribution in [3.63, 3.8) is 0 Å². The zero-order valence-corrected chi connectivity index (χ0v) is 13.7. The van der Waals surface area contributed by atoms with Crippen LogP contribution in [-0.2, 0) is 15.3 Å². The van der Waals surface area contributed by atoms with E-state index in [1.165, 1.54) is 9.80 Å². The molecule has 3 N–H and O–H groups in total. The third kappa shape index (κ3) is 1.30. The summed E-state index contributed by atoms with van der Waals surface area (Å²) in [5.74, 6) is 0.561. The third-order valence-electron chi connectivity index (χ3n) is 7.00. The van der Waals surface area contributed by atoms with Gasteiger partial charge in [-0.1, -0.05) is 19.1 Å². The highest BCUT2D eigenvalue weighted by atomic mass is 16.2. The maximum absolute atomic E-state index is 13.1. The molecule has 0 aliphatic carbocycles. The molecule has 5 heteroatoms. The van der Waals surface area contributed by atoms with Crippen LogP contribution in [0.15, 0.2) is 24.3 Å². The number of amides is 1. The van der Waals surface area contributed by atoms with Crippen LogP contribution in [0.1, 0.15) is 25.8 Å². The van der Waals surface area contributed by atoms with Crippen molar-refractivity contribution in [2.75, 3.05) is 31.5 Å². The summed E-state index contributed by atoms with van der Waals surface area (Å²) in [5, 5.41) is 3.10. The summed E-state index contributed by atoms with van der Waals surface area (Å²) in [6.45, 7) is 7.39. The number of nitrogens with one attached hydrogen (secondary N) is 3. The fourth-order valence-electron chi connectivity index (χ4n) is 6.12. The molecule has 0 saturated carbocycles. The van der Waals surface area contributed by atoms with Crippen molar-refractivity contribution in [2.45, 2.75) is 25.9 Å². The number of para-hydroxylation sites is 1. The van der Waals surface area contributed by atoms with Gasteiger partial charge in [0.2, 0.25) is 0 Å². The summed E-state index contributed by atoms with van der Waals surface area (Å²) < 4.78 is 0. The van der Waals surface area contributed by atoms with Crippen LogP contribution in [0.4, 0.5) is 5.69 Å². The van der Waals surface area contributed by atoms with Gasteiger partial charge >= 0.3 is 11.6 Å². The van der Waals surface area contributed by atoms with Crippen LogP contribution in [-0.4, -0.2) is 37.9 Å². The first-order valence-corrected chi connectivity index (χ1v) is 8.62. The number of fused-ring (bicyclic) bond motifs is 1. The number of anilines is 1. The summed E-state index contributed by atoms with van der Waals surface area (Å²) in [4.78, 5) is 28.7. The van der Waals surface area contributed by atoms with E-state index in [0.717, 1.165) is 43.9 Å². The van der Waals surface area contributed by atoms with E-state index in [0.29, 0.717) is 5.78 Å². The van der Waals surface area contributed by atoms with Crippen molar-refractivity contribution in [1.82, 2.24) is 0 Å². The van der Waals surface area contributed by atoms with E-state index in [4.69, 9.17) is 0 Å². The van der Waals surface area contributed by atoms with E-state index in [-0.39, 0.29) is 16.7 Å². The van der Waals surface area contributed by atoms with E-state index >= 15 is 0 Å². The van der Waals surface area contributed by atoms with Crippen LogP contribution < -0.4 is 15.1 Å². The zero-order valence-electron chi connectivity index (χ0n) is 13.7. The van der Waals surface area contributed by atoms with E-state index in [2.05, 4.69) is 25.2 Å². The monoisotopic (exact) mass is 313 g/mol. The summed E-state index contributed by atoms with van der Waals surface area (Å²) in [7, 11) is 0. The van der Waals surface area contributed by atoms with Gasteiger partial charge in [0.15, 0.2) is 5.78 Å². The summed E-state index contributed by atoms with van der Waals surface area (Å²) in [5.41, 5.74) is 1.01. The van der Waals surface area contributed by atoms with Gasteiger partial charge in [0.25, 0.3) is 0 Å². The minimum Gasteiger partial charge on any atom is -0.314 e. The fraction of sp³-hybridized carbons (Fsp3) is 0.556. The lowest BCUT2D eigenvalue weighted by molar-refractivity contribution is -1.20. The molecule has 5 aliphatic heterocycles. The molecule has 1 aromatic rings. The average molecular weight is 313 g/mol. The first kappa shape index (κ1) is 13.7. The molecule has 5 heterocycles. The van der Waals surface area contributed by atoms with Crippen LogP contribution >= 0.6 is 0 Å². The predicted octanol–water partition coefficient (Wildman–Crippen LogP) is -1.43. The number of quaternary nitrogens is 2. The Morgan fingerprint density at radius 3 is 2.39 bits per heavy atom. The molecule has 4 bridgehead atoms. The van der Waals surface area contributed by atoms with Crippen LogP contribution in [0.2, 0.25) is 0 Å². The molecule has 0 aromatic heterocycles. The topological polar surface area (TPSA) is 55.1 Å². The number of carbonyl (C=O) groups is 2. The molecular formula is C18H23N3O2+2.